The zero-order chi connectivity index (χ0) is 12.2. The summed E-state index contributed by atoms with van der Waals surface area (Å²) >= 11 is 0. The maximum Gasteiger partial charge on any atom is 0.0210 e. The minimum absolute atomic E-state index is 0.242. The van der Waals surface area contributed by atoms with Gasteiger partial charge < -0.3 is 5.32 Å². The summed E-state index contributed by atoms with van der Waals surface area (Å²) < 4.78 is 0. The molecule has 0 bridgehead atoms. The Hall–Kier alpha value is -0.820. The van der Waals surface area contributed by atoms with Crippen LogP contribution in [-0.4, -0.2) is 5.54 Å². The van der Waals surface area contributed by atoms with Gasteiger partial charge in [0.15, 0.2) is 0 Å². The molecule has 1 N–H and O–H groups in total. The summed E-state index contributed by atoms with van der Waals surface area (Å²) in [5.41, 5.74) is 4.34. The maximum atomic E-state index is 3.63. The summed E-state index contributed by atoms with van der Waals surface area (Å²) in [6.45, 7) is 12.1. The number of hydrogen-bond acceptors (Lipinski definition) is 1. The quantitative estimate of drug-likeness (QED) is 0.790. The van der Waals surface area contributed by atoms with E-state index in [0.29, 0.717) is 0 Å². The molecular weight excluding hydrogens is 194 g/mol. The Morgan fingerprint density at radius 1 is 1.06 bits per heavy atom. The van der Waals surface area contributed by atoms with Crippen molar-refractivity contribution in [3.8, 4) is 0 Å². The summed E-state index contributed by atoms with van der Waals surface area (Å²) in [5.74, 6) is 0. The number of hydrogen-bond donors (Lipinski definition) is 1. The molecule has 1 aromatic rings. The topological polar surface area (TPSA) is 12.0 Å². The van der Waals surface area contributed by atoms with E-state index in [1.54, 1.807) is 0 Å². The van der Waals surface area contributed by atoms with Gasteiger partial charge in [-0.25, -0.2) is 0 Å². The number of rotatable bonds is 5. The highest BCUT2D eigenvalue weighted by atomic mass is 14.9. The highest BCUT2D eigenvalue weighted by Crippen LogP contribution is 2.14. The van der Waals surface area contributed by atoms with E-state index in [0.717, 1.165) is 6.54 Å². The first-order valence-electron chi connectivity index (χ1n) is 6.25. The van der Waals surface area contributed by atoms with Crippen molar-refractivity contribution in [1.82, 2.24) is 5.32 Å². The lowest BCUT2D eigenvalue weighted by Crippen LogP contribution is -2.38. The molecular formula is C15H25N. The second-order valence-electron chi connectivity index (χ2n) is 5.48. The third-order valence-corrected chi connectivity index (χ3v) is 2.93. The average molecular weight is 219 g/mol. The van der Waals surface area contributed by atoms with Crippen LogP contribution in [0.4, 0.5) is 0 Å². The molecule has 0 aliphatic rings. The Kier molecular flexibility index (Phi) is 4.55. The van der Waals surface area contributed by atoms with Crippen molar-refractivity contribution in [2.24, 2.45) is 0 Å². The summed E-state index contributed by atoms with van der Waals surface area (Å²) in [4.78, 5) is 0. The monoisotopic (exact) mass is 219 g/mol. The molecule has 0 radical (unpaired) electrons. The Labute approximate surface area is 100 Å². The van der Waals surface area contributed by atoms with Crippen LogP contribution in [0, 0.1) is 13.8 Å². The molecule has 0 atom stereocenters. The van der Waals surface area contributed by atoms with Crippen molar-refractivity contribution in [1.29, 1.82) is 0 Å². The fourth-order valence-electron chi connectivity index (χ4n) is 2.23. The van der Waals surface area contributed by atoms with Crippen molar-refractivity contribution < 1.29 is 0 Å². The highest BCUT2D eigenvalue weighted by molar-refractivity contribution is 5.28. The van der Waals surface area contributed by atoms with Crippen LogP contribution in [0.5, 0.6) is 0 Å². The number of aryl methyl sites for hydroxylation is 2. The third-order valence-electron chi connectivity index (χ3n) is 2.93. The predicted molar refractivity (Wildman–Crippen MR) is 71.7 cm³/mol. The van der Waals surface area contributed by atoms with E-state index < -0.39 is 0 Å². The molecule has 0 heterocycles. The highest BCUT2D eigenvalue weighted by Gasteiger charge is 2.14. The van der Waals surface area contributed by atoms with E-state index in [1.165, 1.54) is 29.5 Å². The SMILES string of the molecule is CCCC(C)(C)NCc1cc(C)cc(C)c1. The lowest BCUT2D eigenvalue weighted by molar-refractivity contribution is 0.357. The van der Waals surface area contributed by atoms with Crippen LogP contribution in [0.1, 0.15) is 50.3 Å². The van der Waals surface area contributed by atoms with Gasteiger partial charge in [-0.2, -0.15) is 0 Å². The number of benzene rings is 1. The van der Waals surface area contributed by atoms with Gasteiger partial charge in [0.1, 0.15) is 0 Å². The molecule has 0 amide bonds. The molecule has 90 valence electrons. The van der Waals surface area contributed by atoms with Gasteiger partial charge in [-0.15, -0.1) is 0 Å². The zero-order valence-electron chi connectivity index (χ0n) is 11.4. The van der Waals surface area contributed by atoms with Gasteiger partial charge in [-0.3, -0.25) is 0 Å². The Balaban J connectivity index is 2.60. The molecule has 0 saturated carbocycles. The minimum Gasteiger partial charge on any atom is -0.308 e. The molecule has 1 aromatic carbocycles. The molecule has 0 saturated heterocycles. The van der Waals surface area contributed by atoms with E-state index in [-0.39, 0.29) is 5.54 Å². The molecule has 1 heteroatoms. The number of nitrogens with one attached hydrogen (secondary N) is 1. The summed E-state index contributed by atoms with van der Waals surface area (Å²) in [6, 6.07) is 6.75. The maximum absolute atomic E-state index is 3.63. The van der Waals surface area contributed by atoms with Gasteiger partial charge in [-0.1, -0.05) is 42.7 Å². The molecule has 0 fully saturated rings. The van der Waals surface area contributed by atoms with Crippen LogP contribution >= 0.6 is 0 Å². The molecule has 0 aliphatic carbocycles. The second-order valence-corrected chi connectivity index (χ2v) is 5.48. The van der Waals surface area contributed by atoms with Gasteiger partial charge >= 0.3 is 0 Å². The van der Waals surface area contributed by atoms with Gasteiger partial charge in [0.05, 0.1) is 0 Å². The van der Waals surface area contributed by atoms with Crippen molar-refractivity contribution in [3.05, 3.63) is 34.9 Å². The van der Waals surface area contributed by atoms with Crippen LogP contribution in [0.2, 0.25) is 0 Å². The van der Waals surface area contributed by atoms with Crippen molar-refractivity contribution in [2.75, 3.05) is 0 Å². The largest absolute Gasteiger partial charge is 0.308 e. The van der Waals surface area contributed by atoms with Crippen LogP contribution < -0.4 is 5.32 Å². The fraction of sp³-hybridized carbons (Fsp3) is 0.600. The van der Waals surface area contributed by atoms with Gasteiger partial charge in [0, 0.05) is 12.1 Å². The van der Waals surface area contributed by atoms with Crippen LogP contribution in [-0.2, 0) is 6.54 Å². The smallest absolute Gasteiger partial charge is 0.0210 e. The average Bonchev–Trinajstić information content (AvgIpc) is 2.13. The third kappa shape index (κ3) is 4.36. The Morgan fingerprint density at radius 3 is 2.12 bits per heavy atom. The first-order valence-corrected chi connectivity index (χ1v) is 6.25. The van der Waals surface area contributed by atoms with E-state index in [2.05, 4.69) is 58.1 Å². The fourth-order valence-corrected chi connectivity index (χ4v) is 2.23. The van der Waals surface area contributed by atoms with Crippen LogP contribution in [0.15, 0.2) is 18.2 Å². The van der Waals surface area contributed by atoms with Gasteiger partial charge in [0.2, 0.25) is 0 Å². The summed E-state index contributed by atoms with van der Waals surface area (Å²) in [5, 5.41) is 3.63. The molecule has 1 nitrogen and oxygen atoms in total. The lowest BCUT2D eigenvalue weighted by Gasteiger charge is -2.26. The predicted octanol–water partition coefficient (Wildman–Crippen LogP) is 3.97. The second kappa shape index (κ2) is 5.49. The first kappa shape index (κ1) is 13.2. The van der Waals surface area contributed by atoms with E-state index in [4.69, 9.17) is 0 Å². The molecule has 0 aliphatic heterocycles. The Morgan fingerprint density at radius 2 is 1.62 bits per heavy atom. The van der Waals surface area contributed by atoms with Crippen molar-refractivity contribution >= 4 is 0 Å². The van der Waals surface area contributed by atoms with E-state index in [9.17, 15) is 0 Å². The molecule has 1 rings (SSSR count). The molecule has 0 unspecified atom stereocenters. The summed E-state index contributed by atoms with van der Waals surface area (Å²) in [7, 11) is 0. The standard InChI is InChI=1S/C15H25N/c1-6-7-15(4,5)16-11-14-9-12(2)8-13(3)10-14/h8-10,16H,6-7,11H2,1-5H3. The lowest BCUT2D eigenvalue weighted by atomic mass is 9.98. The molecule has 0 aromatic heterocycles. The van der Waals surface area contributed by atoms with Crippen LogP contribution in [0.25, 0.3) is 0 Å². The first-order chi connectivity index (χ1) is 7.43. The van der Waals surface area contributed by atoms with E-state index in [1.807, 2.05) is 0 Å². The van der Waals surface area contributed by atoms with Crippen LogP contribution in [0.3, 0.4) is 0 Å². The normalized spacial score (nSPS) is 11.8. The van der Waals surface area contributed by atoms with E-state index >= 15 is 0 Å². The summed E-state index contributed by atoms with van der Waals surface area (Å²) in [6.07, 6.45) is 2.45. The Bertz CT molecular complexity index is 319. The molecule has 16 heavy (non-hydrogen) atoms. The van der Waals surface area contributed by atoms with Crippen molar-refractivity contribution in [3.63, 3.8) is 0 Å². The minimum atomic E-state index is 0.242. The van der Waals surface area contributed by atoms with Crippen molar-refractivity contribution in [2.45, 2.75) is 59.5 Å². The zero-order valence-corrected chi connectivity index (χ0v) is 11.4. The molecule has 0 spiro atoms. The van der Waals surface area contributed by atoms with Gasteiger partial charge in [0.25, 0.3) is 0 Å². The van der Waals surface area contributed by atoms with Gasteiger partial charge in [-0.05, 0) is 39.7 Å².